The molecule has 0 aliphatic heterocycles. The molecule has 4 N–H and O–H groups in total. The average molecular weight is 355 g/mol. The van der Waals surface area contributed by atoms with Gasteiger partial charge in [-0.3, -0.25) is 4.79 Å². The molecule has 0 amide bonds. The lowest BCUT2D eigenvalue weighted by Gasteiger charge is -2.14. The van der Waals surface area contributed by atoms with E-state index in [1.165, 1.54) is 11.3 Å². The van der Waals surface area contributed by atoms with Crippen LogP contribution < -0.4 is 16.6 Å². The summed E-state index contributed by atoms with van der Waals surface area (Å²) in [6, 6.07) is 5.36. The molecule has 1 unspecified atom stereocenters. The molecule has 0 radical (unpaired) electrons. The molecule has 1 aromatic carbocycles. The van der Waals surface area contributed by atoms with Crippen LogP contribution >= 0.6 is 11.3 Å². The van der Waals surface area contributed by atoms with E-state index < -0.39 is 0 Å². The van der Waals surface area contributed by atoms with Gasteiger partial charge in [-0.05, 0) is 44.5 Å². The van der Waals surface area contributed by atoms with Crippen LogP contribution in [0.25, 0.3) is 21.3 Å². The lowest BCUT2D eigenvalue weighted by molar-refractivity contribution is 0.793. The van der Waals surface area contributed by atoms with E-state index in [9.17, 15) is 9.59 Å². The summed E-state index contributed by atoms with van der Waals surface area (Å²) in [5.41, 5.74) is 2.95. The molecule has 25 heavy (non-hydrogen) atoms. The van der Waals surface area contributed by atoms with Crippen molar-refractivity contribution in [3.8, 4) is 0 Å². The largest absolute Gasteiger partial charge is 0.375 e. The van der Waals surface area contributed by atoms with Crippen molar-refractivity contribution in [3.63, 3.8) is 0 Å². The Bertz CT molecular complexity index is 1210. The number of hydrogen-bond donors (Lipinski definition) is 4. The summed E-state index contributed by atoms with van der Waals surface area (Å²) in [7, 11) is 0. The van der Waals surface area contributed by atoms with Gasteiger partial charge in [0.25, 0.3) is 5.56 Å². The lowest BCUT2D eigenvalue weighted by atomic mass is 10.2. The first-order valence-corrected chi connectivity index (χ1v) is 8.72. The van der Waals surface area contributed by atoms with Crippen molar-refractivity contribution in [2.24, 2.45) is 0 Å². The van der Waals surface area contributed by atoms with Gasteiger partial charge in [-0.2, -0.15) is 0 Å². The molecule has 128 valence electrons. The zero-order chi connectivity index (χ0) is 17.7. The van der Waals surface area contributed by atoms with E-state index >= 15 is 0 Å². The first kappa shape index (κ1) is 15.6. The number of aryl methyl sites for hydroxylation is 2. The second-order valence-corrected chi connectivity index (χ2v) is 7.32. The van der Waals surface area contributed by atoms with E-state index in [2.05, 4.69) is 25.3 Å². The monoisotopic (exact) mass is 355 g/mol. The van der Waals surface area contributed by atoms with Crippen LogP contribution in [0.15, 0.2) is 27.8 Å². The topological polar surface area (TPSA) is 106 Å². The van der Waals surface area contributed by atoms with Gasteiger partial charge in [0.15, 0.2) is 0 Å². The predicted molar refractivity (Wildman–Crippen MR) is 101 cm³/mol. The SMILES string of the molecule is Cc1sc2nc(C(C)Nc3ccc4[nH]c(=O)[nH]c4c3)[nH]c(=O)c2c1C. The summed E-state index contributed by atoms with van der Waals surface area (Å²) < 4.78 is 0. The van der Waals surface area contributed by atoms with Gasteiger partial charge in [0.2, 0.25) is 0 Å². The number of nitrogens with one attached hydrogen (secondary N) is 4. The average Bonchev–Trinajstić information content (AvgIpc) is 3.06. The fourth-order valence-electron chi connectivity index (χ4n) is 2.92. The van der Waals surface area contributed by atoms with Crippen LogP contribution in [0.3, 0.4) is 0 Å². The summed E-state index contributed by atoms with van der Waals surface area (Å²) in [4.78, 5) is 38.6. The van der Waals surface area contributed by atoms with Gasteiger partial charge in [-0.15, -0.1) is 11.3 Å². The van der Waals surface area contributed by atoms with Gasteiger partial charge in [0.05, 0.1) is 22.5 Å². The number of H-pyrrole nitrogens is 3. The van der Waals surface area contributed by atoms with E-state index in [0.717, 1.165) is 32.0 Å². The van der Waals surface area contributed by atoms with Crippen LogP contribution in [0.5, 0.6) is 0 Å². The van der Waals surface area contributed by atoms with E-state index in [1.807, 2.05) is 39.0 Å². The molecule has 0 bridgehead atoms. The van der Waals surface area contributed by atoms with Gasteiger partial charge >= 0.3 is 5.69 Å². The van der Waals surface area contributed by atoms with E-state index in [4.69, 9.17) is 0 Å². The minimum Gasteiger partial charge on any atom is -0.375 e. The fourth-order valence-corrected chi connectivity index (χ4v) is 3.95. The number of rotatable bonds is 3. The molecular formula is C17H17N5O2S. The highest BCUT2D eigenvalue weighted by Gasteiger charge is 2.15. The van der Waals surface area contributed by atoms with Crippen LogP contribution in [0.2, 0.25) is 0 Å². The maximum atomic E-state index is 12.4. The number of aromatic nitrogens is 4. The minimum atomic E-state index is -0.236. The molecule has 3 aromatic heterocycles. The first-order valence-electron chi connectivity index (χ1n) is 7.91. The standard InChI is InChI=1S/C17H17N5O2S/c1-7-9(3)25-16-13(7)15(23)21-14(22-16)8(2)18-10-4-5-11-12(6-10)20-17(24)19-11/h4-6,8,18H,1-3H3,(H2,19,20,24)(H,21,22,23). The molecule has 0 spiro atoms. The summed E-state index contributed by atoms with van der Waals surface area (Å²) in [5, 5.41) is 3.98. The number of hydrogen-bond acceptors (Lipinski definition) is 5. The van der Waals surface area contributed by atoms with Crippen molar-refractivity contribution >= 4 is 38.3 Å². The molecule has 3 heterocycles. The van der Waals surface area contributed by atoms with Crippen LogP contribution in [0.1, 0.15) is 29.2 Å². The molecule has 1 atom stereocenters. The van der Waals surface area contributed by atoms with E-state index in [-0.39, 0.29) is 17.3 Å². The summed E-state index contributed by atoms with van der Waals surface area (Å²) in [6.07, 6.45) is 0. The van der Waals surface area contributed by atoms with Crippen molar-refractivity contribution in [1.82, 2.24) is 19.9 Å². The number of imidazole rings is 1. The molecule has 4 rings (SSSR count). The van der Waals surface area contributed by atoms with Crippen LogP contribution in [0.4, 0.5) is 5.69 Å². The molecule has 7 nitrogen and oxygen atoms in total. The number of aromatic amines is 3. The Hall–Kier alpha value is -2.87. The maximum absolute atomic E-state index is 12.4. The van der Waals surface area contributed by atoms with E-state index in [0.29, 0.717) is 11.2 Å². The molecule has 0 saturated heterocycles. The smallest absolute Gasteiger partial charge is 0.323 e. The van der Waals surface area contributed by atoms with Gasteiger partial charge in [-0.1, -0.05) is 0 Å². The molecule has 8 heteroatoms. The van der Waals surface area contributed by atoms with Crippen molar-refractivity contribution in [2.45, 2.75) is 26.8 Å². The van der Waals surface area contributed by atoms with Crippen LogP contribution in [-0.2, 0) is 0 Å². The normalized spacial score (nSPS) is 12.8. The van der Waals surface area contributed by atoms with Crippen molar-refractivity contribution in [1.29, 1.82) is 0 Å². The number of thiophene rings is 1. The Morgan fingerprint density at radius 1 is 1.12 bits per heavy atom. The number of nitrogens with zero attached hydrogens (tertiary/aromatic N) is 1. The van der Waals surface area contributed by atoms with Gasteiger partial charge in [-0.25, -0.2) is 9.78 Å². The minimum absolute atomic E-state index is 0.110. The maximum Gasteiger partial charge on any atom is 0.323 e. The van der Waals surface area contributed by atoms with Crippen molar-refractivity contribution < 1.29 is 0 Å². The second kappa shape index (κ2) is 5.59. The second-order valence-electron chi connectivity index (χ2n) is 6.12. The predicted octanol–water partition coefficient (Wildman–Crippen LogP) is 2.94. The molecule has 0 saturated carbocycles. The van der Waals surface area contributed by atoms with Crippen molar-refractivity contribution in [3.05, 3.63) is 55.3 Å². The van der Waals surface area contributed by atoms with E-state index in [1.54, 1.807) is 0 Å². The Kier molecular flexibility index (Phi) is 3.50. The van der Waals surface area contributed by atoms with Crippen LogP contribution in [-0.4, -0.2) is 19.9 Å². The molecule has 0 fully saturated rings. The number of fused-ring (bicyclic) bond motifs is 2. The molecule has 0 aliphatic rings. The van der Waals surface area contributed by atoms with Crippen molar-refractivity contribution in [2.75, 3.05) is 5.32 Å². The zero-order valence-corrected chi connectivity index (χ0v) is 14.8. The summed E-state index contributed by atoms with van der Waals surface area (Å²) in [5.74, 6) is 0.585. The third-order valence-electron chi connectivity index (χ3n) is 4.37. The Morgan fingerprint density at radius 2 is 1.88 bits per heavy atom. The summed E-state index contributed by atoms with van der Waals surface area (Å²) >= 11 is 1.53. The van der Waals surface area contributed by atoms with Crippen LogP contribution in [0, 0.1) is 13.8 Å². The third-order valence-corrected chi connectivity index (χ3v) is 5.47. The highest BCUT2D eigenvalue weighted by atomic mass is 32.1. The summed E-state index contributed by atoms with van der Waals surface area (Å²) in [6.45, 7) is 5.87. The highest BCUT2D eigenvalue weighted by Crippen LogP contribution is 2.27. The van der Waals surface area contributed by atoms with Gasteiger partial charge < -0.3 is 20.3 Å². The first-order chi connectivity index (χ1) is 11.9. The lowest BCUT2D eigenvalue weighted by Crippen LogP contribution is -2.17. The fraction of sp³-hybridized carbons (Fsp3) is 0.235. The Balaban J connectivity index is 1.69. The molecular weight excluding hydrogens is 338 g/mol. The highest BCUT2D eigenvalue weighted by molar-refractivity contribution is 7.18. The Labute approximate surface area is 146 Å². The Morgan fingerprint density at radius 3 is 2.68 bits per heavy atom. The quantitative estimate of drug-likeness (QED) is 0.453. The van der Waals surface area contributed by atoms with Gasteiger partial charge in [0, 0.05) is 10.6 Å². The third kappa shape index (κ3) is 2.64. The molecule has 4 aromatic rings. The number of anilines is 1. The number of benzene rings is 1. The molecule has 0 aliphatic carbocycles. The van der Waals surface area contributed by atoms with Gasteiger partial charge in [0.1, 0.15) is 10.7 Å². The zero-order valence-electron chi connectivity index (χ0n) is 14.0.